The molecule has 0 saturated carbocycles. The first-order chi connectivity index (χ1) is 13.0. The van der Waals surface area contributed by atoms with E-state index in [1.165, 1.54) is 0 Å². The van der Waals surface area contributed by atoms with E-state index in [-0.39, 0.29) is 11.5 Å². The molecule has 0 radical (unpaired) electrons. The minimum absolute atomic E-state index is 0.106. The van der Waals surface area contributed by atoms with E-state index in [9.17, 15) is 9.59 Å². The average Bonchev–Trinajstić information content (AvgIpc) is 2.68. The van der Waals surface area contributed by atoms with Crippen LogP contribution in [0.1, 0.15) is 23.0 Å². The molecule has 0 saturated heterocycles. The molecule has 0 fully saturated rings. The second kappa shape index (κ2) is 7.84. The van der Waals surface area contributed by atoms with Crippen LogP contribution in [0.2, 0.25) is 0 Å². The third-order valence-electron chi connectivity index (χ3n) is 4.33. The molecule has 3 aromatic rings. The molecular formula is C20H21N3O3S. The number of methoxy groups -OCH3 is 1. The predicted molar refractivity (Wildman–Crippen MR) is 109 cm³/mol. The van der Waals surface area contributed by atoms with Crippen LogP contribution in [-0.2, 0) is 6.54 Å². The molecule has 0 aliphatic carbocycles. The number of aryl methyl sites for hydroxylation is 2. The molecule has 0 atom stereocenters. The van der Waals surface area contributed by atoms with Crippen molar-refractivity contribution >= 4 is 34.4 Å². The van der Waals surface area contributed by atoms with Gasteiger partial charge in [0.15, 0.2) is 0 Å². The van der Waals surface area contributed by atoms with Gasteiger partial charge in [-0.15, -0.1) is 11.8 Å². The third-order valence-corrected chi connectivity index (χ3v) is 5.09. The second-order valence-electron chi connectivity index (χ2n) is 5.97. The number of rotatable bonds is 5. The van der Waals surface area contributed by atoms with Crippen LogP contribution in [0.4, 0.5) is 5.69 Å². The Balaban J connectivity index is 1.94. The van der Waals surface area contributed by atoms with Crippen molar-refractivity contribution in [1.29, 1.82) is 0 Å². The van der Waals surface area contributed by atoms with Crippen LogP contribution >= 0.6 is 11.8 Å². The number of nitrogens with zero attached hydrogens (tertiary/aromatic N) is 2. The first-order valence-electron chi connectivity index (χ1n) is 8.53. The maximum Gasteiger partial charge on any atom is 0.272 e. The molecule has 3 rings (SSSR count). The molecule has 1 amide bonds. The van der Waals surface area contributed by atoms with Gasteiger partial charge in [0.05, 0.1) is 23.0 Å². The maximum absolute atomic E-state index is 12.7. The minimum atomic E-state index is -0.233. The zero-order valence-corrected chi connectivity index (χ0v) is 16.5. The van der Waals surface area contributed by atoms with Crippen LogP contribution in [0, 0.1) is 6.92 Å². The Bertz CT molecular complexity index is 1080. The maximum atomic E-state index is 12.7. The van der Waals surface area contributed by atoms with Crippen LogP contribution in [0.5, 0.6) is 5.75 Å². The van der Waals surface area contributed by atoms with E-state index < -0.39 is 0 Å². The first-order valence-corrected chi connectivity index (χ1v) is 9.75. The number of fused-ring (bicyclic) bond motifs is 1. The number of carbonyl (C=O) groups excluding carboxylic acids is 1. The van der Waals surface area contributed by atoms with Gasteiger partial charge in [-0.05, 0) is 56.5 Å². The van der Waals surface area contributed by atoms with Gasteiger partial charge in [0, 0.05) is 17.8 Å². The number of carbonyl (C=O) groups is 1. The lowest BCUT2D eigenvalue weighted by atomic mass is 10.1. The molecule has 1 heterocycles. The average molecular weight is 383 g/mol. The summed E-state index contributed by atoms with van der Waals surface area (Å²) >= 11 is 1.55. The van der Waals surface area contributed by atoms with E-state index in [1.807, 2.05) is 25.3 Å². The zero-order chi connectivity index (χ0) is 19.6. The van der Waals surface area contributed by atoms with E-state index in [2.05, 4.69) is 10.3 Å². The topological polar surface area (TPSA) is 73.2 Å². The summed E-state index contributed by atoms with van der Waals surface area (Å²) in [5.41, 5.74) is 2.83. The van der Waals surface area contributed by atoms with Crippen molar-refractivity contribution in [1.82, 2.24) is 9.55 Å². The molecule has 0 spiro atoms. The van der Waals surface area contributed by atoms with E-state index in [4.69, 9.17) is 4.74 Å². The third kappa shape index (κ3) is 3.68. The quantitative estimate of drug-likeness (QED) is 0.680. The van der Waals surface area contributed by atoms with Gasteiger partial charge >= 0.3 is 0 Å². The summed E-state index contributed by atoms with van der Waals surface area (Å²) in [6.07, 6.45) is 1.95. The summed E-state index contributed by atoms with van der Waals surface area (Å²) in [5, 5.41) is 2.90. The predicted octanol–water partition coefficient (Wildman–Crippen LogP) is 3.71. The number of hydrogen-bond acceptors (Lipinski definition) is 5. The van der Waals surface area contributed by atoms with Crippen LogP contribution in [0.3, 0.4) is 0 Å². The van der Waals surface area contributed by atoms with Crippen molar-refractivity contribution in [2.75, 3.05) is 18.7 Å². The summed E-state index contributed by atoms with van der Waals surface area (Å²) in [4.78, 5) is 30.2. The number of thioether (sulfide) groups is 1. The molecule has 1 N–H and O–H groups in total. The van der Waals surface area contributed by atoms with Crippen LogP contribution in [-0.4, -0.2) is 28.8 Å². The number of hydrogen-bond donors (Lipinski definition) is 1. The van der Waals surface area contributed by atoms with Crippen molar-refractivity contribution < 1.29 is 9.53 Å². The Labute approximate surface area is 161 Å². The number of nitrogens with one attached hydrogen (secondary N) is 1. The van der Waals surface area contributed by atoms with Crippen molar-refractivity contribution in [3.63, 3.8) is 0 Å². The SMILES string of the molecule is CCn1c(=O)c(C)nc2cc(C(=O)Nc3ccc(OC)c(SC)c3)ccc21. The Kier molecular flexibility index (Phi) is 5.51. The Morgan fingerprint density at radius 1 is 1.26 bits per heavy atom. The summed E-state index contributed by atoms with van der Waals surface area (Å²) in [6, 6.07) is 10.7. The summed E-state index contributed by atoms with van der Waals surface area (Å²) < 4.78 is 6.96. The highest BCUT2D eigenvalue weighted by Crippen LogP contribution is 2.30. The lowest BCUT2D eigenvalue weighted by molar-refractivity contribution is 0.102. The second-order valence-corrected chi connectivity index (χ2v) is 6.82. The molecule has 2 aromatic carbocycles. The van der Waals surface area contributed by atoms with Crippen molar-refractivity contribution in [2.45, 2.75) is 25.3 Å². The van der Waals surface area contributed by atoms with Crippen molar-refractivity contribution in [3.05, 3.63) is 58.0 Å². The fourth-order valence-corrected chi connectivity index (χ4v) is 3.54. The normalized spacial score (nSPS) is 10.8. The summed E-state index contributed by atoms with van der Waals surface area (Å²) in [7, 11) is 1.62. The van der Waals surface area contributed by atoms with Gasteiger partial charge in [-0.1, -0.05) is 0 Å². The molecule has 0 bridgehead atoms. The number of ether oxygens (including phenoxy) is 1. The van der Waals surface area contributed by atoms with Gasteiger partial charge in [-0.2, -0.15) is 0 Å². The number of aromatic nitrogens is 2. The van der Waals surface area contributed by atoms with E-state index >= 15 is 0 Å². The highest BCUT2D eigenvalue weighted by molar-refractivity contribution is 7.98. The van der Waals surface area contributed by atoms with Crippen molar-refractivity contribution in [2.24, 2.45) is 0 Å². The van der Waals surface area contributed by atoms with Gasteiger partial charge in [-0.25, -0.2) is 4.98 Å². The molecule has 7 heteroatoms. The smallest absolute Gasteiger partial charge is 0.272 e. The van der Waals surface area contributed by atoms with Gasteiger partial charge in [0.1, 0.15) is 11.4 Å². The highest BCUT2D eigenvalue weighted by Gasteiger charge is 2.12. The van der Waals surface area contributed by atoms with Gasteiger partial charge < -0.3 is 14.6 Å². The molecule has 1 aromatic heterocycles. The molecule has 0 aliphatic rings. The van der Waals surface area contributed by atoms with Crippen LogP contribution in [0.25, 0.3) is 11.0 Å². The van der Waals surface area contributed by atoms with Crippen molar-refractivity contribution in [3.8, 4) is 5.75 Å². The number of anilines is 1. The number of amides is 1. The molecule has 140 valence electrons. The van der Waals surface area contributed by atoms with Gasteiger partial charge in [-0.3, -0.25) is 9.59 Å². The van der Waals surface area contributed by atoms with Gasteiger partial charge in [0.2, 0.25) is 0 Å². The lowest BCUT2D eigenvalue weighted by Crippen LogP contribution is -2.23. The molecule has 27 heavy (non-hydrogen) atoms. The van der Waals surface area contributed by atoms with E-state index in [1.54, 1.807) is 54.6 Å². The fourth-order valence-electron chi connectivity index (χ4n) is 2.95. The van der Waals surface area contributed by atoms with Gasteiger partial charge in [0.25, 0.3) is 11.5 Å². The molecule has 0 aliphatic heterocycles. The standard InChI is InChI=1S/C20H21N3O3S/c1-5-23-16-8-6-13(10-15(16)21-12(2)20(23)25)19(24)22-14-7-9-17(26-3)18(11-14)27-4/h6-11H,5H2,1-4H3,(H,22,24). The van der Waals surface area contributed by atoms with E-state index in [0.29, 0.717) is 29.0 Å². The molecule has 6 nitrogen and oxygen atoms in total. The largest absolute Gasteiger partial charge is 0.496 e. The Morgan fingerprint density at radius 3 is 2.70 bits per heavy atom. The summed E-state index contributed by atoms with van der Waals surface area (Å²) in [5.74, 6) is 0.534. The summed E-state index contributed by atoms with van der Waals surface area (Å²) in [6.45, 7) is 4.14. The minimum Gasteiger partial charge on any atom is -0.496 e. The van der Waals surface area contributed by atoms with Crippen LogP contribution < -0.4 is 15.6 Å². The Hall–Kier alpha value is -2.80. The zero-order valence-electron chi connectivity index (χ0n) is 15.7. The fraction of sp³-hybridized carbons (Fsp3) is 0.250. The Morgan fingerprint density at radius 2 is 2.04 bits per heavy atom. The number of benzene rings is 2. The van der Waals surface area contributed by atoms with E-state index in [0.717, 1.165) is 16.2 Å². The first kappa shape index (κ1) is 19.0. The van der Waals surface area contributed by atoms with Crippen LogP contribution in [0.15, 0.2) is 46.1 Å². The lowest BCUT2D eigenvalue weighted by Gasteiger charge is -2.12. The molecule has 0 unspecified atom stereocenters. The monoisotopic (exact) mass is 383 g/mol. The molecular weight excluding hydrogens is 362 g/mol. The highest BCUT2D eigenvalue weighted by atomic mass is 32.2.